The Morgan fingerprint density at radius 1 is 1.38 bits per heavy atom. The lowest BCUT2D eigenvalue weighted by atomic mass is 10.2. The van der Waals surface area contributed by atoms with Crippen LogP contribution >= 0.6 is 11.6 Å². The van der Waals surface area contributed by atoms with Gasteiger partial charge in [-0.3, -0.25) is 9.59 Å². The SMILES string of the molecule is CN(Cc1ccccc1Cl)C(=O)CC(=O)O. The second-order valence-electron chi connectivity index (χ2n) is 3.41. The van der Waals surface area contributed by atoms with Gasteiger partial charge in [0.05, 0.1) is 0 Å². The Labute approximate surface area is 98.4 Å². The standard InChI is InChI=1S/C11H12ClNO3/c1-13(10(14)6-11(15)16)7-8-4-2-3-5-9(8)12/h2-5H,6-7H2,1H3,(H,15,16). The maximum Gasteiger partial charge on any atom is 0.312 e. The zero-order valence-corrected chi connectivity index (χ0v) is 9.57. The molecule has 0 atom stereocenters. The Hall–Kier alpha value is -1.55. The van der Waals surface area contributed by atoms with Crippen molar-refractivity contribution < 1.29 is 14.7 Å². The summed E-state index contributed by atoms with van der Waals surface area (Å²) in [6.45, 7) is 0.311. The van der Waals surface area contributed by atoms with Gasteiger partial charge in [0, 0.05) is 18.6 Å². The summed E-state index contributed by atoms with van der Waals surface area (Å²) in [7, 11) is 1.55. The molecule has 0 spiro atoms. The molecule has 4 nitrogen and oxygen atoms in total. The quantitative estimate of drug-likeness (QED) is 0.818. The minimum absolute atomic E-state index is 0.311. The first kappa shape index (κ1) is 12.5. The van der Waals surface area contributed by atoms with Crippen LogP contribution in [0.1, 0.15) is 12.0 Å². The number of carboxylic acids is 1. The second kappa shape index (κ2) is 5.51. The molecule has 1 rings (SSSR count). The number of halogens is 1. The van der Waals surface area contributed by atoms with Gasteiger partial charge in [0.2, 0.25) is 5.91 Å². The highest BCUT2D eigenvalue weighted by atomic mass is 35.5. The van der Waals surface area contributed by atoms with Crippen LogP contribution in [0.3, 0.4) is 0 Å². The molecule has 0 unspecified atom stereocenters. The van der Waals surface area contributed by atoms with Crippen LogP contribution in [0.25, 0.3) is 0 Å². The highest BCUT2D eigenvalue weighted by molar-refractivity contribution is 6.31. The van der Waals surface area contributed by atoms with Gasteiger partial charge in [-0.05, 0) is 11.6 Å². The predicted molar refractivity (Wildman–Crippen MR) is 60.2 cm³/mol. The fourth-order valence-electron chi connectivity index (χ4n) is 1.23. The third-order valence-corrected chi connectivity index (χ3v) is 2.46. The predicted octanol–water partition coefficient (Wildman–Crippen LogP) is 1.77. The van der Waals surface area contributed by atoms with Gasteiger partial charge in [-0.2, -0.15) is 0 Å². The van der Waals surface area contributed by atoms with Gasteiger partial charge in [0.25, 0.3) is 0 Å². The van der Waals surface area contributed by atoms with E-state index in [1.165, 1.54) is 4.90 Å². The Bertz CT molecular complexity index is 406. The first-order chi connectivity index (χ1) is 7.50. The van der Waals surface area contributed by atoms with Gasteiger partial charge in [-0.25, -0.2) is 0 Å². The van der Waals surface area contributed by atoms with Crippen LogP contribution in [0, 0.1) is 0 Å². The fraction of sp³-hybridized carbons (Fsp3) is 0.273. The second-order valence-corrected chi connectivity index (χ2v) is 3.82. The third-order valence-electron chi connectivity index (χ3n) is 2.09. The first-order valence-electron chi connectivity index (χ1n) is 4.70. The molecular formula is C11H12ClNO3. The van der Waals surface area contributed by atoms with Crippen molar-refractivity contribution in [1.29, 1.82) is 0 Å². The van der Waals surface area contributed by atoms with Gasteiger partial charge in [0.1, 0.15) is 6.42 Å². The summed E-state index contributed by atoms with van der Waals surface area (Å²) in [6, 6.07) is 7.14. The molecule has 0 bridgehead atoms. The van der Waals surface area contributed by atoms with Crippen molar-refractivity contribution in [1.82, 2.24) is 4.90 Å². The molecule has 86 valence electrons. The average molecular weight is 242 g/mol. The molecule has 0 aromatic heterocycles. The summed E-state index contributed by atoms with van der Waals surface area (Å²) in [4.78, 5) is 23.1. The summed E-state index contributed by atoms with van der Waals surface area (Å²) in [6.07, 6.45) is -0.499. The number of hydrogen-bond acceptors (Lipinski definition) is 2. The lowest BCUT2D eigenvalue weighted by Gasteiger charge is -2.16. The van der Waals surface area contributed by atoms with Gasteiger partial charge in [-0.15, -0.1) is 0 Å². The maximum atomic E-state index is 11.4. The van der Waals surface area contributed by atoms with Crippen molar-refractivity contribution in [3.63, 3.8) is 0 Å². The number of rotatable bonds is 4. The first-order valence-corrected chi connectivity index (χ1v) is 5.07. The molecule has 0 aliphatic heterocycles. The summed E-state index contributed by atoms with van der Waals surface area (Å²) < 4.78 is 0. The van der Waals surface area contributed by atoms with E-state index < -0.39 is 18.3 Å². The minimum atomic E-state index is -1.13. The molecule has 1 aromatic carbocycles. The van der Waals surface area contributed by atoms with E-state index in [0.717, 1.165) is 5.56 Å². The number of aliphatic carboxylic acids is 1. The molecule has 5 heteroatoms. The van der Waals surface area contributed by atoms with Crippen LogP contribution < -0.4 is 0 Å². The average Bonchev–Trinajstić information content (AvgIpc) is 2.20. The zero-order valence-electron chi connectivity index (χ0n) is 8.81. The van der Waals surface area contributed by atoms with Crippen LogP contribution in [-0.2, 0) is 16.1 Å². The largest absolute Gasteiger partial charge is 0.481 e. The van der Waals surface area contributed by atoms with E-state index in [1.54, 1.807) is 25.2 Å². The van der Waals surface area contributed by atoms with E-state index in [1.807, 2.05) is 6.07 Å². The van der Waals surface area contributed by atoms with Crippen LogP contribution in [0.2, 0.25) is 5.02 Å². The molecule has 0 radical (unpaired) electrons. The van der Waals surface area contributed by atoms with Gasteiger partial charge in [-0.1, -0.05) is 29.8 Å². The molecule has 0 aliphatic carbocycles. The van der Waals surface area contributed by atoms with Crippen LogP contribution in [0.5, 0.6) is 0 Å². The molecule has 0 fully saturated rings. The number of nitrogens with zero attached hydrogens (tertiary/aromatic N) is 1. The molecule has 0 heterocycles. The number of hydrogen-bond donors (Lipinski definition) is 1. The highest BCUT2D eigenvalue weighted by Crippen LogP contribution is 2.16. The Kier molecular flexibility index (Phi) is 4.31. The monoisotopic (exact) mass is 241 g/mol. The van der Waals surface area contributed by atoms with Gasteiger partial charge < -0.3 is 10.0 Å². The zero-order chi connectivity index (χ0) is 12.1. The Morgan fingerprint density at radius 2 is 2.00 bits per heavy atom. The summed E-state index contributed by atoms with van der Waals surface area (Å²) in [5.41, 5.74) is 0.797. The molecule has 0 saturated heterocycles. The molecule has 1 aromatic rings. The van der Waals surface area contributed by atoms with Crippen molar-refractivity contribution in [3.05, 3.63) is 34.9 Å². The van der Waals surface area contributed by atoms with E-state index >= 15 is 0 Å². The molecule has 1 N–H and O–H groups in total. The van der Waals surface area contributed by atoms with Crippen molar-refractivity contribution in [3.8, 4) is 0 Å². The fourth-order valence-corrected chi connectivity index (χ4v) is 1.43. The Balaban J connectivity index is 2.64. The third kappa shape index (κ3) is 3.55. The van der Waals surface area contributed by atoms with Gasteiger partial charge >= 0.3 is 5.97 Å². The van der Waals surface area contributed by atoms with E-state index in [4.69, 9.17) is 16.7 Å². The lowest BCUT2D eigenvalue weighted by Crippen LogP contribution is -2.28. The van der Waals surface area contributed by atoms with Crippen LogP contribution in [0.15, 0.2) is 24.3 Å². The molecular weight excluding hydrogens is 230 g/mol. The summed E-state index contributed by atoms with van der Waals surface area (Å²) in [5, 5.41) is 9.05. The number of carbonyl (C=O) groups excluding carboxylic acids is 1. The number of carbonyl (C=O) groups is 2. The van der Waals surface area contributed by atoms with E-state index in [-0.39, 0.29) is 0 Å². The van der Waals surface area contributed by atoms with Crippen molar-refractivity contribution in [2.45, 2.75) is 13.0 Å². The lowest BCUT2D eigenvalue weighted by molar-refractivity contribution is -0.143. The van der Waals surface area contributed by atoms with Crippen LogP contribution in [0.4, 0.5) is 0 Å². The van der Waals surface area contributed by atoms with Crippen molar-refractivity contribution >= 4 is 23.5 Å². The normalized spacial score (nSPS) is 9.88. The number of amides is 1. The summed E-state index contributed by atoms with van der Waals surface area (Å²) in [5.74, 6) is -1.57. The topological polar surface area (TPSA) is 57.6 Å². The van der Waals surface area contributed by atoms with Crippen molar-refractivity contribution in [2.24, 2.45) is 0 Å². The summed E-state index contributed by atoms with van der Waals surface area (Å²) >= 11 is 5.92. The number of carboxylic acid groups (broad SMARTS) is 1. The molecule has 16 heavy (non-hydrogen) atoms. The molecule has 0 aliphatic rings. The van der Waals surface area contributed by atoms with Crippen molar-refractivity contribution in [2.75, 3.05) is 7.05 Å². The van der Waals surface area contributed by atoms with E-state index in [9.17, 15) is 9.59 Å². The molecule has 1 amide bonds. The van der Waals surface area contributed by atoms with E-state index in [2.05, 4.69) is 0 Å². The number of benzene rings is 1. The minimum Gasteiger partial charge on any atom is -0.481 e. The van der Waals surface area contributed by atoms with E-state index in [0.29, 0.717) is 11.6 Å². The molecule has 0 saturated carbocycles. The van der Waals surface area contributed by atoms with Gasteiger partial charge in [0.15, 0.2) is 0 Å². The smallest absolute Gasteiger partial charge is 0.312 e. The van der Waals surface area contributed by atoms with Crippen LogP contribution in [-0.4, -0.2) is 28.9 Å². The highest BCUT2D eigenvalue weighted by Gasteiger charge is 2.13. The maximum absolute atomic E-state index is 11.4. The Morgan fingerprint density at radius 3 is 2.56 bits per heavy atom.